The molecule has 4 rings (SSSR count). The number of benzene rings is 2. The monoisotopic (exact) mass is 474 g/mol. The molecule has 0 aliphatic carbocycles. The van der Waals surface area contributed by atoms with Crippen molar-refractivity contribution < 1.29 is 19.1 Å². The largest absolute Gasteiger partial charge is 0.492 e. The first-order valence-electron chi connectivity index (χ1n) is 9.70. The predicted molar refractivity (Wildman–Crippen MR) is 124 cm³/mol. The molecule has 0 atom stereocenters. The second kappa shape index (κ2) is 9.21. The van der Waals surface area contributed by atoms with E-state index in [0.717, 1.165) is 14.8 Å². The molecule has 0 unspecified atom stereocenters. The van der Waals surface area contributed by atoms with Crippen molar-refractivity contribution in [2.75, 3.05) is 13.2 Å². The first kappa shape index (κ1) is 21.5. The van der Waals surface area contributed by atoms with Crippen molar-refractivity contribution in [2.45, 2.75) is 20.4 Å². The van der Waals surface area contributed by atoms with Gasteiger partial charge in [0.1, 0.15) is 22.7 Å². The van der Waals surface area contributed by atoms with Gasteiger partial charge in [-0.25, -0.2) is 0 Å². The maximum atomic E-state index is 13.1. The number of thiazole rings is 1. The Hall–Kier alpha value is -2.68. The van der Waals surface area contributed by atoms with E-state index in [0.29, 0.717) is 32.6 Å². The average molecular weight is 475 g/mol. The zero-order chi connectivity index (χ0) is 22.0. The van der Waals surface area contributed by atoms with E-state index in [-0.39, 0.29) is 13.2 Å². The van der Waals surface area contributed by atoms with Gasteiger partial charge in [-0.2, -0.15) is 4.99 Å². The number of halogens is 1. The molecule has 160 valence electrons. The number of amides is 1. The van der Waals surface area contributed by atoms with Crippen LogP contribution in [0.1, 0.15) is 23.5 Å². The molecular formula is C22H19ClN2O4S2. The van der Waals surface area contributed by atoms with Crippen molar-refractivity contribution in [3.63, 3.8) is 0 Å². The lowest BCUT2D eigenvalue weighted by atomic mass is 10.2. The number of carbonyl (C=O) groups is 2. The van der Waals surface area contributed by atoms with Crippen LogP contribution in [0.2, 0.25) is 5.02 Å². The fraction of sp³-hybridized carbons (Fsp3) is 0.227. The van der Waals surface area contributed by atoms with E-state index >= 15 is 0 Å². The third-order valence-electron chi connectivity index (χ3n) is 4.48. The minimum absolute atomic E-state index is 0.0792. The zero-order valence-corrected chi connectivity index (χ0v) is 19.3. The summed E-state index contributed by atoms with van der Waals surface area (Å²) >= 11 is 9.07. The molecule has 2 aromatic carbocycles. The molecule has 6 nitrogen and oxygen atoms in total. The minimum atomic E-state index is -0.451. The van der Waals surface area contributed by atoms with Gasteiger partial charge in [-0.3, -0.25) is 9.59 Å². The lowest BCUT2D eigenvalue weighted by Gasteiger charge is -2.09. The van der Waals surface area contributed by atoms with Crippen molar-refractivity contribution in [1.29, 1.82) is 0 Å². The zero-order valence-electron chi connectivity index (χ0n) is 16.9. The molecule has 0 radical (unpaired) electrons. The first-order valence-corrected chi connectivity index (χ1v) is 11.7. The Labute approximate surface area is 191 Å². The highest BCUT2D eigenvalue weighted by molar-refractivity contribution is 7.21. The van der Waals surface area contributed by atoms with Crippen LogP contribution in [0.3, 0.4) is 0 Å². The van der Waals surface area contributed by atoms with Crippen molar-refractivity contribution in [3.8, 4) is 5.75 Å². The Morgan fingerprint density at radius 3 is 2.55 bits per heavy atom. The van der Waals surface area contributed by atoms with Crippen molar-refractivity contribution in [2.24, 2.45) is 4.99 Å². The Morgan fingerprint density at radius 2 is 1.81 bits per heavy atom. The summed E-state index contributed by atoms with van der Waals surface area (Å²) in [7, 11) is 0. The lowest BCUT2D eigenvalue weighted by molar-refractivity contribution is -0.143. The predicted octanol–water partition coefficient (Wildman–Crippen LogP) is 5.27. The fourth-order valence-corrected chi connectivity index (χ4v) is 5.67. The van der Waals surface area contributed by atoms with Crippen LogP contribution < -0.4 is 9.54 Å². The molecule has 0 bridgehead atoms. The molecule has 0 aliphatic heterocycles. The van der Waals surface area contributed by atoms with Crippen LogP contribution >= 0.6 is 34.3 Å². The highest BCUT2D eigenvalue weighted by Gasteiger charge is 2.19. The van der Waals surface area contributed by atoms with Gasteiger partial charge >= 0.3 is 5.97 Å². The summed E-state index contributed by atoms with van der Waals surface area (Å²) in [4.78, 5) is 30.4. The SMILES string of the molecule is CCOC(=O)Cn1c(=NC(=O)c2sc3ccccc3c2Cl)sc2cccc(OCC)c21. The summed E-state index contributed by atoms with van der Waals surface area (Å²) in [5, 5.41) is 1.21. The van der Waals surface area contributed by atoms with Crippen LogP contribution in [0.25, 0.3) is 20.3 Å². The number of aromatic nitrogens is 1. The van der Waals surface area contributed by atoms with Gasteiger partial charge in [0.2, 0.25) is 0 Å². The maximum absolute atomic E-state index is 13.1. The van der Waals surface area contributed by atoms with Crippen LogP contribution in [0.15, 0.2) is 47.5 Å². The normalized spacial score (nSPS) is 11.9. The van der Waals surface area contributed by atoms with Gasteiger partial charge in [-0.1, -0.05) is 47.2 Å². The Balaban J connectivity index is 1.87. The van der Waals surface area contributed by atoms with Crippen molar-refractivity contribution >= 4 is 66.5 Å². The van der Waals surface area contributed by atoms with Gasteiger partial charge in [0.15, 0.2) is 4.80 Å². The molecule has 0 aliphatic rings. The molecule has 2 heterocycles. The minimum Gasteiger partial charge on any atom is -0.492 e. The number of fused-ring (bicyclic) bond motifs is 2. The summed E-state index contributed by atoms with van der Waals surface area (Å²) in [5.74, 6) is -0.245. The summed E-state index contributed by atoms with van der Waals surface area (Å²) in [5.41, 5.74) is 0.705. The van der Waals surface area contributed by atoms with Gasteiger partial charge in [0, 0.05) is 10.1 Å². The van der Waals surface area contributed by atoms with Crippen LogP contribution in [-0.4, -0.2) is 29.7 Å². The number of thiophene rings is 1. The van der Waals surface area contributed by atoms with Gasteiger partial charge in [0.25, 0.3) is 5.91 Å². The van der Waals surface area contributed by atoms with Crippen molar-refractivity contribution in [1.82, 2.24) is 4.57 Å². The molecule has 2 aromatic heterocycles. The Bertz CT molecular complexity index is 1350. The third-order valence-corrected chi connectivity index (χ3v) is 7.19. The number of para-hydroxylation sites is 1. The number of hydrogen-bond donors (Lipinski definition) is 0. The first-order chi connectivity index (χ1) is 15.0. The molecule has 31 heavy (non-hydrogen) atoms. The molecule has 1 amide bonds. The Kier molecular flexibility index (Phi) is 6.41. The number of rotatable bonds is 6. The molecule has 0 saturated heterocycles. The van der Waals surface area contributed by atoms with Crippen LogP contribution in [0.5, 0.6) is 5.75 Å². The smallest absolute Gasteiger partial charge is 0.326 e. The van der Waals surface area contributed by atoms with Crippen LogP contribution in [0, 0.1) is 0 Å². The molecule has 0 N–H and O–H groups in total. The molecule has 0 spiro atoms. The van der Waals surface area contributed by atoms with Gasteiger partial charge < -0.3 is 14.0 Å². The molecule has 0 saturated carbocycles. The van der Waals surface area contributed by atoms with E-state index in [9.17, 15) is 9.59 Å². The topological polar surface area (TPSA) is 69.9 Å². The summed E-state index contributed by atoms with van der Waals surface area (Å²) < 4.78 is 14.3. The van der Waals surface area contributed by atoms with Crippen molar-refractivity contribution in [3.05, 3.63) is 57.2 Å². The number of carbonyl (C=O) groups excluding carboxylic acids is 2. The van der Waals surface area contributed by atoms with E-state index in [1.807, 2.05) is 49.4 Å². The average Bonchev–Trinajstić information content (AvgIpc) is 3.27. The highest BCUT2D eigenvalue weighted by Crippen LogP contribution is 2.35. The number of ether oxygens (including phenoxy) is 2. The quantitative estimate of drug-likeness (QED) is 0.357. The van der Waals surface area contributed by atoms with Gasteiger partial charge in [0.05, 0.1) is 22.9 Å². The molecule has 4 aromatic rings. The number of hydrogen-bond acceptors (Lipinski definition) is 6. The van der Waals surface area contributed by atoms with Crippen LogP contribution in [-0.2, 0) is 16.1 Å². The second-order valence-electron chi connectivity index (χ2n) is 6.47. The lowest BCUT2D eigenvalue weighted by Crippen LogP contribution is -2.23. The molecular weight excluding hydrogens is 456 g/mol. The second-order valence-corrected chi connectivity index (χ2v) is 8.91. The van der Waals surface area contributed by atoms with E-state index in [1.54, 1.807) is 11.5 Å². The summed E-state index contributed by atoms with van der Waals surface area (Å²) in [6.07, 6.45) is 0. The van der Waals surface area contributed by atoms with Crippen LogP contribution in [0.4, 0.5) is 0 Å². The number of nitrogens with zero attached hydrogens (tertiary/aromatic N) is 2. The van der Waals surface area contributed by atoms with E-state index in [2.05, 4.69) is 4.99 Å². The maximum Gasteiger partial charge on any atom is 0.326 e. The van der Waals surface area contributed by atoms with E-state index in [4.69, 9.17) is 21.1 Å². The van der Waals surface area contributed by atoms with E-state index in [1.165, 1.54) is 22.7 Å². The van der Waals surface area contributed by atoms with E-state index < -0.39 is 11.9 Å². The van der Waals surface area contributed by atoms with Gasteiger partial charge in [-0.05, 0) is 32.0 Å². The standard InChI is InChI=1S/C22H19ClN2O4S2/c1-3-28-14-9-7-11-16-19(14)25(12-17(26)29-4-2)22(31-16)24-21(27)20-18(23)13-8-5-6-10-15(13)30-20/h5-11H,3-4,12H2,1-2H3. The van der Waals surface area contributed by atoms with Gasteiger partial charge in [-0.15, -0.1) is 11.3 Å². The number of esters is 1. The highest BCUT2D eigenvalue weighted by atomic mass is 35.5. The Morgan fingerprint density at radius 1 is 1.03 bits per heavy atom. The molecule has 0 fully saturated rings. The molecule has 9 heteroatoms. The summed E-state index contributed by atoms with van der Waals surface area (Å²) in [6, 6.07) is 13.2. The third kappa shape index (κ3) is 4.23. The summed E-state index contributed by atoms with van der Waals surface area (Å²) in [6.45, 7) is 4.29. The fourth-order valence-electron chi connectivity index (χ4n) is 3.23.